The molecule has 0 fully saturated rings. The highest BCUT2D eigenvalue weighted by Crippen LogP contribution is 2.24. The molecule has 2 aromatic rings. The van der Waals surface area contributed by atoms with E-state index in [0.29, 0.717) is 10.0 Å². The highest BCUT2D eigenvalue weighted by atomic mass is 35.5. The van der Waals surface area contributed by atoms with Crippen molar-refractivity contribution in [3.8, 4) is 11.5 Å². The summed E-state index contributed by atoms with van der Waals surface area (Å²) in [6.45, 7) is 8.67. The first-order valence-corrected chi connectivity index (χ1v) is 11.6. The quantitative estimate of drug-likeness (QED) is 0.338. The first kappa shape index (κ1) is 17.8. The zero-order valence-corrected chi connectivity index (χ0v) is 16.3. The molecule has 0 aliphatic carbocycles. The van der Waals surface area contributed by atoms with Crippen LogP contribution < -0.4 is 0 Å². The van der Waals surface area contributed by atoms with Crippen molar-refractivity contribution in [2.75, 3.05) is 0 Å². The van der Waals surface area contributed by atoms with Crippen LogP contribution in [0.5, 0.6) is 0 Å². The Bertz CT molecular complexity index is 791. The molecule has 1 nitrogen and oxygen atoms in total. The van der Waals surface area contributed by atoms with Gasteiger partial charge in [0.1, 0.15) is 13.8 Å². The Morgan fingerprint density at radius 2 is 1.61 bits per heavy atom. The number of benzene rings is 2. The molecule has 0 bridgehead atoms. The summed E-state index contributed by atoms with van der Waals surface area (Å²) in [5, 5.41) is 1.04. The van der Waals surface area contributed by atoms with Crippen LogP contribution in [0.2, 0.25) is 29.7 Å². The van der Waals surface area contributed by atoms with Crippen LogP contribution in [0.15, 0.2) is 47.5 Å². The molecule has 2 rings (SSSR count). The molecule has 0 unspecified atom stereocenters. The summed E-state index contributed by atoms with van der Waals surface area (Å²) in [5.74, 6) is 3.25. The standard InChI is InChI=1S/C19H19Cl2NSi/c1-14-5-8-16(9-6-14)22-19(11-12-23(2,3)4)15-7-10-17(20)18(21)13-15/h5-10,13H,1-4H3. The molecule has 0 aromatic heterocycles. The molecule has 118 valence electrons. The highest BCUT2D eigenvalue weighted by molar-refractivity contribution is 6.84. The van der Waals surface area contributed by atoms with Crippen molar-refractivity contribution < 1.29 is 0 Å². The third-order valence-electron chi connectivity index (χ3n) is 3.02. The molecule has 4 heteroatoms. The molecule has 0 heterocycles. The van der Waals surface area contributed by atoms with E-state index < -0.39 is 8.07 Å². The monoisotopic (exact) mass is 359 g/mol. The topological polar surface area (TPSA) is 12.4 Å². The van der Waals surface area contributed by atoms with E-state index in [4.69, 9.17) is 28.2 Å². The fourth-order valence-electron chi connectivity index (χ4n) is 1.80. The zero-order valence-electron chi connectivity index (χ0n) is 13.7. The van der Waals surface area contributed by atoms with Gasteiger partial charge in [0.2, 0.25) is 0 Å². The molecule has 0 aliphatic rings. The lowest BCUT2D eigenvalue weighted by atomic mass is 10.1. The van der Waals surface area contributed by atoms with Gasteiger partial charge >= 0.3 is 0 Å². The van der Waals surface area contributed by atoms with Crippen LogP contribution in [0.25, 0.3) is 0 Å². The van der Waals surface area contributed by atoms with Crippen LogP contribution in [-0.2, 0) is 0 Å². The predicted octanol–water partition coefficient (Wildman–Crippen LogP) is 6.30. The van der Waals surface area contributed by atoms with Gasteiger partial charge in [0.25, 0.3) is 0 Å². The van der Waals surface area contributed by atoms with Crippen molar-refractivity contribution in [3.63, 3.8) is 0 Å². The number of nitrogens with zero attached hydrogens (tertiary/aromatic N) is 1. The SMILES string of the molecule is Cc1ccc(N=C(C#C[Si](C)(C)C)c2ccc(Cl)c(Cl)c2)cc1. The second-order valence-corrected chi connectivity index (χ2v) is 12.0. The summed E-state index contributed by atoms with van der Waals surface area (Å²) in [7, 11) is -1.50. The Labute approximate surface area is 149 Å². The second kappa shape index (κ2) is 7.36. The summed E-state index contributed by atoms with van der Waals surface area (Å²) >= 11 is 12.2. The van der Waals surface area contributed by atoms with Gasteiger partial charge in [0.15, 0.2) is 0 Å². The minimum Gasteiger partial charge on any atom is -0.239 e. The van der Waals surface area contributed by atoms with Crippen molar-refractivity contribution in [2.45, 2.75) is 26.6 Å². The molecule has 0 saturated carbocycles. The van der Waals surface area contributed by atoms with E-state index in [0.717, 1.165) is 17.0 Å². The van der Waals surface area contributed by atoms with Gasteiger partial charge in [-0.25, -0.2) is 4.99 Å². The Morgan fingerprint density at radius 3 is 2.17 bits per heavy atom. The molecule has 0 amide bonds. The van der Waals surface area contributed by atoms with Crippen molar-refractivity contribution in [1.82, 2.24) is 0 Å². The number of aliphatic imine (C=N–C) groups is 1. The molecule has 0 saturated heterocycles. The zero-order chi connectivity index (χ0) is 17.0. The summed E-state index contributed by atoms with van der Waals surface area (Å²) in [6, 6.07) is 13.6. The van der Waals surface area contributed by atoms with Crippen LogP contribution >= 0.6 is 23.2 Å². The van der Waals surface area contributed by atoms with Crippen LogP contribution in [0.4, 0.5) is 5.69 Å². The lowest BCUT2D eigenvalue weighted by Gasteiger charge is -2.06. The number of rotatable bonds is 2. The van der Waals surface area contributed by atoms with Gasteiger partial charge in [-0.05, 0) is 31.2 Å². The van der Waals surface area contributed by atoms with Gasteiger partial charge in [-0.3, -0.25) is 0 Å². The average molecular weight is 360 g/mol. The molecule has 0 N–H and O–H groups in total. The third-order valence-corrected chi connectivity index (χ3v) is 4.64. The van der Waals surface area contributed by atoms with Crippen molar-refractivity contribution in [2.24, 2.45) is 4.99 Å². The van der Waals surface area contributed by atoms with E-state index in [9.17, 15) is 0 Å². The second-order valence-electron chi connectivity index (χ2n) is 6.42. The lowest BCUT2D eigenvalue weighted by Crippen LogP contribution is -2.17. The summed E-state index contributed by atoms with van der Waals surface area (Å²) in [6.07, 6.45) is 0. The molecular weight excluding hydrogens is 341 g/mol. The third kappa shape index (κ3) is 5.55. The van der Waals surface area contributed by atoms with E-state index in [-0.39, 0.29) is 0 Å². The molecule has 23 heavy (non-hydrogen) atoms. The number of hydrogen-bond donors (Lipinski definition) is 0. The number of halogens is 2. The molecule has 0 spiro atoms. The van der Waals surface area contributed by atoms with Gasteiger partial charge in [-0.1, -0.05) is 72.5 Å². The van der Waals surface area contributed by atoms with E-state index in [1.807, 2.05) is 36.4 Å². The average Bonchev–Trinajstić information content (AvgIpc) is 2.47. The maximum absolute atomic E-state index is 6.15. The van der Waals surface area contributed by atoms with Crippen molar-refractivity contribution in [3.05, 3.63) is 63.6 Å². The maximum atomic E-state index is 6.15. The largest absolute Gasteiger partial charge is 0.239 e. The van der Waals surface area contributed by atoms with Gasteiger partial charge in [-0.2, -0.15) is 0 Å². The number of hydrogen-bond acceptors (Lipinski definition) is 1. The normalized spacial score (nSPS) is 11.8. The molecular formula is C19H19Cl2NSi. The van der Waals surface area contributed by atoms with E-state index in [1.165, 1.54) is 5.56 Å². The smallest absolute Gasteiger partial charge is 0.129 e. The van der Waals surface area contributed by atoms with E-state index >= 15 is 0 Å². The van der Waals surface area contributed by atoms with E-state index in [2.05, 4.69) is 38.0 Å². The molecule has 0 radical (unpaired) electrons. The van der Waals surface area contributed by atoms with Gasteiger partial charge in [-0.15, -0.1) is 5.54 Å². The molecule has 0 atom stereocenters. The van der Waals surface area contributed by atoms with Crippen molar-refractivity contribution >= 4 is 42.7 Å². The van der Waals surface area contributed by atoms with Crippen LogP contribution in [-0.4, -0.2) is 13.8 Å². The van der Waals surface area contributed by atoms with Crippen LogP contribution in [0, 0.1) is 18.4 Å². The minimum absolute atomic E-state index is 0.510. The first-order chi connectivity index (χ1) is 10.7. The molecule has 2 aromatic carbocycles. The summed E-state index contributed by atoms with van der Waals surface area (Å²) in [4.78, 5) is 4.71. The van der Waals surface area contributed by atoms with Gasteiger partial charge in [0.05, 0.1) is 15.7 Å². The highest BCUT2D eigenvalue weighted by Gasteiger charge is 2.10. The first-order valence-electron chi connectivity index (χ1n) is 7.38. The Kier molecular flexibility index (Phi) is 5.70. The Morgan fingerprint density at radius 1 is 0.957 bits per heavy atom. The Balaban J connectivity index is 2.52. The molecule has 0 aliphatic heterocycles. The van der Waals surface area contributed by atoms with Crippen LogP contribution in [0.1, 0.15) is 11.1 Å². The fourth-order valence-corrected chi connectivity index (χ4v) is 2.59. The summed E-state index contributed by atoms with van der Waals surface area (Å²) < 4.78 is 0. The minimum atomic E-state index is -1.50. The van der Waals surface area contributed by atoms with Crippen molar-refractivity contribution in [1.29, 1.82) is 0 Å². The lowest BCUT2D eigenvalue weighted by molar-refractivity contribution is 1.43. The van der Waals surface area contributed by atoms with E-state index in [1.54, 1.807) is 6.07 Å². The van der Waals surface area contributed by atoms with Gasteiger partial charge in [0, 0.05) is 5.56 Å². The summed E-state index contributed by atoms with van der Waals surface area (Å²) in [5.41, 5.74) is 7.04. The van der Waals surface area contributed by atoms with Crippen LogP contribution in [0.3, 0.4) is 0 Å². The number of aryl methyl sites for hydroxylation is 1. The predicted molar refractivity (Wildman–Crippen MR) is 105 cm³/mol. The fraction of sp³-hybridized carbons (Fsp3) is 0.211. The maximum Gasteiger partial charge on any atom is 0.129 e. The Hall–Kier alpha value is -1.53. The van der Waals surface area contributed by atoms with Gasteiger partial charge < -0.3 is 0 Å².